The standard InChI is InChI=1S/C12H18N2O3/c1-9-4-3-6-14(12(9)17)8-11(16)13-10(2)5-7-15/h3-4,6,10,15H,5,7-8H2,1-2H3,(H,13,16). The van der Waals surface area contributed by atoms with Crippen LogP contribution >= 0.6 is 0 Å². The SMILES string of the molecule is Cc1cccn(CC(=O)NC(C)CCO)c1=O. The lowest BCUT2D eigenvalue weighted by molar-refractivity contribution is -0.122. The molecule has 0 aliphatic heterocycles. The number of pyridine rings is 1. The summed E-state index contributed by atoms with van der Waals surface area (Å²) in [5, 5.41) is 11.4. The van der Waals surface area contributed by atoms with Crippen LogP contribution in [0.15, 0.2) is 23.1 Å². The number of aromatic nitrogens is 1. The van der Waals surface area contributed by atoms with Crippen LogP contribution in [-0.4, -0.2) is 28.2 Å². The summed E-state index contributed by atoms with van der Waals surface area (Å²) in [4.78, 5) is 23.3. The first-order valence-corrected chi connectivity index (χ1v) is 5.61. The molecule has 1 amide bonds. The van der Waals surface area contributed by atoms with Gasteiger partial charge in [-0.1, -0.05) is 6.07 Å². The number of aliphatic hydroxyl groups excluding tert-OH is 1. The van der Waals surface area contributed by atoms with E-state index in [0.29, 0.717) is 12.0 Å². The highest BCUT2D eigenvalue weighted by Crippen LogP contribution is 1.92. The minimum atomic E-state index is -0.223. The fourth-order valence-corrected chi connectivity index (χ4v) is 1.52. The molecule has 0 bridgehead atoms. The Bertz CT molecular complexity index is 440. The summed E-state index contributed by atoms with van der Waals surface area (Å²) >= 11 is 0. The molecule has 17 heavy (non-hydrogen) atoms. The molecule has 5 nitrogen and oxygen atoms in total. The summed E-state index contributed by atoms with van der Waals surface area (Å²) in [5.41, 5.74) is 0.459. The Morgan fingerprint density at radius 2 is 2.29 bits per heavy atom. The molecule has 0 aliphatic rings. The zero-order chi connectivity index (χ0) is 12.8. The highest BCUT2D eigenvalue weighted by atomic mass is 16.3. The average Bonchev–Trinajstić information content (AvgIpc) is 2.25. The van der Waals surface area contributed by atoms with E-state index in [-0.39, 0.29) is 30.7 Å². The van der Waals surface area contributed by atoms with E-state index in [2.05, 4.69) is 5.32 Å². The minimum absolute atomic E-state index is 0.0102. The van der Waals surface area contributed by atoms with E-state index >= 15 is 0 Å². The number of hydrogen-bond donors (Lipinski definition) is 2. The topological polar surface area (TPSA) is 71.3 Å². The molecule has 0 spiro atoms. The van der Waals surface area contributed by atoms with Gasteiger partial charge in [-0.3, -0.25) is 9.59 Å². The Balaban J connectivity index is 2.62. The number of amides is 1. The fraction of sp³-hybridized carbons (Fsp3) is 0.500. The van der Waals surface area contributed by atoms with Crippen LogP contribution in [0.5, 0.6) is 0 Å². The number of rotatable bonds is 5. The molecule has 0 saturated heterocycles. The quantitative estimate of drug-likeness (QED) is 0.761. The van der Waals surface area contributed by atoms with Crippen LogP contribution < -0.4 is 10.9 Å². The molecular formula is C12H18N2O3. The van der Waals surface area contributed by atoms with Crippen LogP contribution in [0.25, 0.3) is 0 Å². The van der Waals surface area contributed by atoms with Crippen molar-refractivity contribution in [1.29, 1.82) is 0 Å². The predicted octanol–water partition coefficient (Wildman–Crippen LogP) is 0.0438. The first-order chi connectivity index (χ1) is 8.04. The zero-order valence-electron chi connectivity index (χ0n) is 10.1. The Hall–Kier alpha value is -1.62. The maximum atomic E-state index is 11.7. The third-order valence-electron chi connectivity index (χ3n) is 2.49. The third-order valence-corrected chi connectivity index (χ3v) is 2.49. The molecule has 1 rings (SSSR count). The van der Waals surface area contributed by atoms with Gasteiger partial charge in [0.25, 0.3) is 5.56 Å². The number of carbonyl (C=O) groups is 1. The number of carbonyl (C=O) groups excluding carboxylic acids is 1. The molecule has 1 heterocycles. The van der Waals surface area contributed by atoms with Crippen LogP contribution in [-0.2, 0) is 11.3 Å². The molecular weight excluding hydrogens is 220 g/mol. The summed E-state index contributed by atoms with van der Waals surface area (Å²) in [6.07, 6.45) is 2.10. The second-order valence-electron chi connectivity index (χ2n) is 4.11. The van der Waals surface area contributed by atoms with Crippen molar-refractivity contribution in [2.24, 2.45) is 0 Å². The van der Waals surface area contributed by atoms with Crippen LogP contribution in [0.4, 0.5) is 0 Å². The molecule has 1 aromatic rings. The van der Waals surface area contributed by atoms with Gasteiger partial charge in [0.15, 0.2) is 0 Å². The van der Waals surface area contributed by atoms with Gasteiger partial charge in [-0.25, -0.2) is 0 Å². The monoisotopic (exact) mass is 238 g/mol. The van der Waals surface area contributed by atoms with E-state index in [1.54, 1.807) is 25.3 Å². The lowest BCUT2D eigenvalue weighted by atomic mass is 10.2. The maximum Gasteiger partial charge on any atom is 0.253 e. The van der Waals surface area contributed by atoms with Crippen molar-refractivity contribution in [2.75, 3.05) is 6.61 Å². The molecule has 0 radical (unpaired) electrons. The van der Waals surface area contributed by atoms with Crippen molar-refractivity contribution in [2.45, 2.75) is 32.9 Å². The largest absolute Gasteiger partial charge is 0.396 e. The molecule has 1 aromatic heterocycles. The number of aryl methyl sites for hydroxylation is 1. The molecule has 0 aliphatic carbocycles. The first kappa shape index (κ1) is 13.4. The second kappa shape index (κ2) is 6.20. The lowest BCUT2D eigenvalue weighted by Crippen LogP contribution is -2.38. The van der Waals surface area contributed by atoms with Gasteiger partial charge < -0.3 is 15.0 Å². The average molecular weight is 238 g/mol. The van der Waals surface area contributed by atoms with Gasteiger partial charge in [0, 0.05) is 24.4 Å². The highest BCUT2D eigenvalue weighted by molar-refractivity contribution is 5.76. The molecule has 0 aromatic carbocycles. The van der Waals surface area contributed by atoms with Gasteiger partial charge in [-0.15, -0.1) is 0 Å². The van der Waals surface area contributed by atoms with E-state index in [4.69, 9.17) is 5.11 Å². The van der Waals surface area contributed by atoms with Crippen molar-refractivity contribution in [3.63, 3.8) is 0 Å². The van der Waals surface area contributed by atoms with E-state index in [1.165, 1.54) is 4.57 Å². The van der Waals surface area contributed by atoms with Crippen molar-refractivity contribution in [3.8, 4) is 0 Å². The van der Waals surface area contributed by atoms with E-state index in [1.807, 2.05) is 6.92 Å². The minimum Gasteiger partial charge on any atom is -0.396 e. The molecule has 0 saturated carbocycles. The Morgan fingerprint density at radius 1 is 1.59 bits per heavy atom. The Morgan fingerprint density at radius 3 is 2.94 bits per heavy atom. The van der Waals surface area contributed by atoms with E-state index in [0.717, 1.165) is 0 Å². The van der Waals surface area contributed by atoms with Gasteiger partial charge in [-0.2, -0.15) is 0 Å². The summed E-state index contributed by atoms with van der Waals surface area (Å²) in [5.74, 6) is -0.223. The molecule has 5 heteroatoms. The summed E-state index contributed by atoms with van der Waals surface area (Å²) in [7, 11) is 0. The molecule has 0 fully saturated rings. The van der Waals surface area contributed by atoms with Gasteiger partial charge in [0.2, 0.25) is 5.91 Å². The van der Waals surface area contributed by atoms with Crippen molar-refractivity contribution in [3.05, 3.63) is 34.2 Å². The zero-order valence-corrected chi connectivity index (χ0v) is 10.1. The van der Waals surface area contributed by atoms with Gasteiger partial charge in [-0.05, 0) is 26.3 Å². The van der Waals surface area contributed by atoms with Crippen LogP contribution in [0.2, 0.25) is 0 Å². The van der Waals surface area contributed by atoms with Crippen LogP contribution in [0.1, 0.15) is 18.9 Å². The summed E-state index contributed by atoms with van der Waals surface area (Å²) in [6.45, 7) is 3.57. The van der Waals surface area contributed by atoms with Crippen LogP contribution in [0, 0.1) is 6.92 Å². The van der Waals surface area contributed by atoms with Gasteiger partial charge in [0.1, 0.15) is 6.54 Å². The third kappa shape index (κ3) is 4.03. The normalized spacial score (nSPS) is 12.2. The van der Waals surface area contributed by atoms with Gasteiger partial charge >= 0.3 is 0 Å². The summed E-state index contributed by atoms with van der Waals surface area (Å²) < 4.78 is 1.37. The molecule has 2 N–H and O–H groups in total. The molecule has 1 unspecified atom stereocenters. The summed E-state index contributed by atoms with van der Waals surface area (Å²) in [6, 6.07) is 3.36. The molecule has 94 valence electrons. The van der Waals surface area contributed by atoms with E-state index < -0.39 is 0 Å². The van der Waals surface area contributed by atoms with Crippen molar-refractivity contribution in [1.82, 2.24) is 9.88 Å². The Kier molecular flexibility index (Phi) is 4.90. The smallest absolute Gasteiger partial charge is 0.253 e. The highest BCUT2D eigenvalue weighted by Gasteiger charge is 2.08. The second-order valence-corrected chi connectivity index (χ2v) is 4.11. The fourth-order valence-electron chi connectivity index (χ4n) is 1.52. The lowest BCUT2D eigenvalue weighted by Gasteiger charge is -2.13. The number of nitrogens with one attached hydrogen (secondary N) is 1. The van der Waals surface area contributed by atoms with Crippen molar-refractivity contribution < 1.29 is 9.90 Å². The maximum absolute atomic E-state index is 11.7. The Labute approximate surface area is 100 Å². The first-order valence-electron chi connectivity index (χ1n) is 5.61. The number of hydrogen-bond acceptors (Lipinski definition) is 3. The predicted molar refractivity (Wildman–Crippen MR) is 64.7 cm³/mol. The van der Waals surface area contributed by atoms with Crippen molar-refractivity contribution >= 4 is 5.91 Å². The molecule has 1 atom stereocenters. The van der Waals surface area contributed by atoms with Gasteiger partial charge in [0.05, 0.1) is 0 Å². The van der Waals surface area contributed by atoms with Crippen LogP contribution in [0.3, 0.4) is 0 Å². The van der Waals surface area contributed by atoms with E-state index in [9.17, 15) is 9.59 Å². The number of nitrogens with zero attached hydrogens (tertiary/aromatic N) is 1. The number of aliphatic hydroxyl groups is 1.